The first-order valence-electron chi connectivity index (χ1n) is 9.53. The quantitative estimate of drug-likeness (QED) is 0.760. The van der Waals surface area contributed by atoms with Crippen molar-refractivity contribution in [3.05, 3.63) is 59.2 Å². The number of aromatic amines is 1. The number of amides is 1. The minimum atomic E-state index is 0.0303. The summed E-state index contributed by atoms with van der Waals surface area (Å²) in [4.78, 5) is 18.5. The van der Waals surface area contributed by atoms with Crippen LogP contribution in [0.15, 0.2) is 42.5 Å². The molecule has 5 rings (SSSR count). The molecule has 2 N–H and O–H groups in total. The highest BCUT2D eigenvalue weighted by molar-refractivity contribution is 6.10. The summed E-state index contributed by atoms with van der Waals surface area (Å²) in [6.45, 7) is 4.12. The highest BCUT2D eigenvalue weighted by atomic mass is 16.1. The summed E-state index contributed by atoms with van der Waals surface area (Å²) >= 11 is 0. The highest BCUT2D eigenvalue weighted by Gasteiger charge is 2.22. The van der Waals surface area contributed by atoms with E-state index in [1.165, 1.54) is 42.6 Å². The maximum absolute atomic E-state index is 12.4. The number of aromatic nitrogens is 1. The molecular formula is C22H23N3O. The molecule has 26 heavy (non-hydrogen) atoms. The molecule has 0 spiro atoms. The van der Waals surface area contributed by atoms with Gasteiger partial charge in [-0.15, -0.1) is 0 Å². The highest BCUT2D eigenvalue weighted by Crippen LogP contribution is 2.34. The maximum atomic E-state index is 12.4. The molecule has 2 aromatic carbocycles. The van der Waals surface area contributed by atoms with Crippen LogP contribution in [0.3, 0.4) is 0 Å². The molecule has 1 saturated heterocycles. The molecule has 4 nitrogen and oxygen atoms in total. The van der Waals surface area contributed by atoms with Gasteiger partial charge in [0.15, 0.2) is 0 Å². The van der Waals surface area contributed by atoms with Gasteiger partial charge in [-0.05, 0) is 67.2 Å². The average molecular weight is 345 g/mol. The average Bonchev–Trinajstić information content (AvgIpc) is 3.25. The molecule has 2 aliphatic rings. The zero-order valence-electron chi connectivity index (χ0n) is 14.8. The van der Waals surface area contributed by atoms with Crippen molar-refractivity contribution in [1.29, 1.82) is 0 Å². The van der Waals surface area contributed by atoms with Gasteiger partial charge in [-0.3, -0.25) is 9.69 Å². The van der Waals surface area contributed by atoms with E-state index < -0.39 is 0 Å². The van der Waals surface area contributed by atoms with Crippen molar-refractivity contribution < 1.29 is 4.79 Å². The minimum absolute atomic E-state index is 0.0303. The van der Waals surface area contributed by atoms with Crippen molar-refractivity contribution in [2.75, 3.05) is 19.6 Å². The fraction of sp³-hybridized carbons (Fsp3) is 0.318. The Labute approximate surface area is 153 Å². The fourth-order valence-electron chi connectivity index (χ4n) is 4.42. The van der Waals surface area contributed by atoms with Gasteiger partial charge in [0.2, 0.25) is 0 Å². The number of hydrogen-bond donors (Lipinski definition) is 2. The lowest BCUT2D eigenvalue weighted by Gasteiger charge is -2.15. The van der Waals surface area contributed by atoms with Gasteiger partial charge >= 0.3 is 0 Å². The Bertz CT molecular complexity index is 982. The maximum Gasteiger partial charge on any atom is 0.251 e. The van der Waals surface area contributed by atoms with Crippen LogP contribution in [0.2, 0.25) is 0 Å². The van der Waals surface area contributed by atoms with E-state index in [9.17, 15) is 4.79 Å². The van der Waals surface area contributed by atoms with Crippen molar-refractivity contribution >= 4 is 16.8 Å². The van der Waals surface area contributed by atoms with E-state index in [0.717, 1.165) is 35.1 Å². The predicted molar refractivity (Wildman–Crippen MR) is 104 cm³/mol. The van der Waals surface area contributed by atoms with Crippen molar-refractivity contribution in [1.82, 2.24) is 15.2 Å². The molecule has 132 valence electrons. The molecule has 0 radical (unpaired) electrons. The Balaban J connectivity index is 1.60. The van der Waals surface area contributed by atoms with E-state index in [-0.39, 0.29) is 5.91 Å². The van der Waals surface area contributed by atoms with Gasteiger partial charge in [0.1, 0.15) is 0 Å². The lowest BCUT2D eigenvalue weighted by atomic mass is 9.99. The van der Waals surface area contributed by atoms with Gasteiger partial charge < -0.3 is 10.3 Å². The third-order valence-corrected chi connectivity index (χ3v) is 5.65. The molecule has 0 aliphatic carbocycles. The lowest BCUT2D eigenvalue weighted by Crippen LogP contribution is -2.23. The van der Waals surface area contributed by atoms with E-state index in [1.807, 2.05) is 12.1 Å². The molecule has 3 aromatic rings. The first-order chi connectivity index (χ1) is 12.8. The molecule has 3 heterocycles. The Morgan fingerprint density at radius 3 is 2.77 bits per heavy atom. The van der Waals surface area contributed by atoms with Crippen LogP contribution < -0.4 is 5.32 Å². The molecule has 2 aliphatic heterocycles. The van der Waals surface area contributed by atoms with E-state index in [0.29, 0.717) is 6.54 Å². The van der Waals surface area contributed by atoms with Crippen molar-refractivity contribution in [3.8, 4) is 11.3 Å². The molecule has 0 atom stereocenters. The topological polar surface area (TPSA) is 48.1 Å². The van der Waals surface area contributed by atoms with Crippen LogP contribution in [0.4, 0.5) is 0 Å². The number of carbonyl (C=O) groups excluding carboxylic acids is 1. The Morgan fingerprint density at radius 1 is 1.04 bits per heavy atom. The van der Waals surface area contributed by atoms with Gasteiger partial charge in [0.05, 0.1) is 0 Å². The van der Waals surface area contributed by atoms with Crippen LogP contribution in [0, 0.1) is 0 Å². The lowest BCUT2D eigenvalue weighted by molar-refractivity contribution is 0.0957. The third kappa shape index (κ3) is 2.61. The second-order valence-corrected chi connectivity index (χ2v) is 7.40. The number of nitrogens with one attached hydrogen (secondary N) is 2. The Morgan fingerprint density at radius 2 is 1.88 bits per heavy atom. The number of nitrogens with zero attached hydrogens (tertiary/aromatic N) is 1. The largest absolute Gasteiger partial charge is 0.354 e. The minimum Gasteiger partial charge on any atom is -0.354 e. The smallest absolute Gasteiger partial charge is 0.251 e. The number of rotatable bonds is 3. The summed E-state index contributed by atoms with van der Waals surface area (Å²) in [6.07, 6.45) is 3.49. The van der Waals surface area contributed by atoms with Crippen LogP contribution in [-0.4, -0.2) is 35.4 Å². The van der Waals surface area contributed by atoms with Gasteiger partial charge in [0.25, 0.3) is 5.91 Å². The Hall–Kier alpha value is -2.59. The predicted octanol–water partition coefficient (Wildman–Crippen LogP) is 3.72. The van der Waals surface area contributed by atoms with Crippen molar-refractivity contribution in [3.63, 3.8) is 0 Å². The van der Waals surface area contributed by atoms with E-state index in [4.69, 9.17) is 0 Å². The number of hydrogen-bond acceptors (Lipinski definition) is 2. The van der Waals surface area contributed by atoms with E-state index >= 15 is 0 Å². The molecule has 4 heteroatoms. The summed E-state index contributed by atoms with van der Waals surface area (Å²) in [7, 11) is 0. The number of likely N-dealkylation sites (tertiary alicyclic amines) is 1. The molecule has 1 fully saturated rings. The van der Waals surface area contributed by atoms with Crippen LogP contribution in [0.1, 0.15) is 34.3 Å². The van der Waals surface area contributed by atoms with Crippen LogP contribution in [0.25, 0.3) is 22.2 Å². The van der Waals surface area contributed by atoms with Crippen molar-refractivity contribution in [2.24, 2.45) is 0 Å². The van der Waals surface area contributed by atoms with Crippen LogP contribution >= 0.6 is 0 Å². The third-order valence-electron chi connectivity index (χ3n) is 5.65. The van der Waals surface area contributed by atoms with Gasteiger partial charge in [-0.2, -0.15) is 0 Å². The second-order valence-electron chi connectivity index (χ2n) is 7.40. The SMILES string of the molecule is O=C1NCCc2c(-c3cccc(CN4CCCC4)c3)[nH]c3cccc1c23. The van der Waals surface area contributed by atoms with E-state index in [2.05, 4.69) is 45.5 Å². The summed E-state index contributed by atoms with van der Waals surface area (Å²) in [5, 5.41) is 4.10. The molecule has 0 saturated carbocycles. The molecular weight excluding hydrogens is 322 g/mol. The second kappa shape index (κ2) is 6.29. The summed E-state index contributed by atoms with van der Waals surface area (Å²) in [6, 6.07) is 14.8. The van der Waals surface area contributed by atoms with Gasteiger partial charge in [0, 0.05) is 35.2 Å². The molecule has 0 bridgehead atoms. The summed E-state index contributed by atoms with van der Waals surface area (Å²) in [5.41, 5.74) is 6.83. The monoisotopic (exact) mass is 345 g/mol. The molecule has 1 amide bonds. The van der Waals surface area contributed by atoms with Gasteiger partial charge in [-0.1, -0.05) is 24.3 Å². The standard InChI is InChI=1S/C22H23N3O/c26-22-18-7-4-8-19-20(18)17(9-10-23-22)21(24-19)16-6-3-5-15(13-16)14-25-11-1-2-12-25/h3-8,13,24H,1-2,9-12,14H2,(H,23,26). The Kier molecular flexibility index (Phi) is 3.79. The number of benzene rings is 2. The molecule has 1 aromatic heterocycles. The zero-order valence-corrected chi connectivity index (χ0v) is 14.8. The fourth-order valence-corrected chi connectivity index (χ4v) is 4.42. The van der Waals surface area contributed by atoms with Crippen molar-refractivity contribution in [2.45, 2.75) is 25.8 Å². The van der Waals surface area contributed by atoms with E-state index in [1.54, 1.807) is 0 Å². The first kappa shape index (κ1) is 15.6. The zero-order chi connectivity index (χ0) is 17.5. The summed E-state index contributed by atoms with van der Waals surface area (Å²) in [5.74, 6) is 0.0303. The normalized spacial score (nSPS) is 17.5. The first-order valence-corrected chi connectivity index (χ1v) is 9.53. The van der Waals surface area contributed by atoms with Gasteiger partial charge in [-0.25, -0.2) is 0 Å². The van der Waals surface area contributed by atoms with Crippen LogP contribution in [0.5, 0.6) is 0 Å². The number of H-pyrrole nitrogens is 1. The number of carbonyl (C=O) groups is 1. The van der Waals surface area contributed by atoms with Crippen LogP contribution in [-0.2, 0) is 13.0 Å². The summed E-state index contributed by atoms with van der Waals surface area (Å²) < 4.78 is 0. The molecule has 0 unspecified atom stereocenters.